The number of aromatic nitrogens is 1. The molecule has 1 aromatic rings. The third kappa shape index (κ3) is 5.90. The number of rotatable bonds is 5. The van der Waals surface area contributed by atoms with Crippen molar-refractivity contribution < 1.29 is 10.0 Å². The quantitative estimate of drug-likeness (QED) is 0.506. The molecular weight excluding hydrogens is 260 g/mol. The van der Waals surface area contributed by atoms with Crippen molar-refractivity contribution in [3.05, 3.63) is 28.4 Å². The highest BCUT2D eigenvalue weighted by Crippen LogP contribution is 2.37. The first kappa shape index (κ1) is 16.2. The van der Waals surface area contributed by atoms with Crippen LogP contribution >= 0.6 is 21.6 Å². The second kappa shape index (κ2) is 9.26. The number of nitro groups is 1. The van der Waals surface area contributed by atoms with E-state index in [4.69, 9.17) is 5.11 Å². The van der Waals surface area contributed by atoms with Crippen LogP contribution in [-0.4, -0.2) is 26.9 Å². The largest absolute Gasteiger partial charge is 0.395 e. The first-order valence-electron chi connectivity index (χ1n) is 5.18. The Morgan fingerprint density at radius 1 is 1.59 bits per heavy atom. The highest BCUT2D eigenvalue weighted by atomic mass is 33.1. The third-order valence-electron chi connectivity index (χ3n) is 1.50. The topological polar surface area (TPSA) is 76.3 Å². The molecule has 96 valence electrons. The van der Waals surface area contributed by atoms with Crippen molar-refractivity contribution >= 4 is 27.3 Å². The summed E-state index contributed by atoms with van der Waals surface area (Å²) in [6.07, 6.45) is 1.51. The zero-order chi connectivity index (χ0) is 13.3. The summed E-state index contributed by atoms with van der Waals surface area (Å²) in [6, 6.07) is 2.95. The van der Waals surface area contributed by atoms with Crippen molar-refractivity contribution in [2.45, 2.75) is 31.0 Å². The SMILES string of the molecule is CC.C[C@H](CO)SSc1ncccc1[N+](=O)[O-]. The fourth-order valence-electron chi connectivity index (χ4n) is 0.744. The Balaban J connectivity index is 0.00000121. The monoisotopic (exact) mass is 276 g/mol. The van der Waals surface area contributed by atoms with Crippen LogP contribution in [0.1, 0.15) is 20.8 Å². The van der Waals surface area contributed by atoms with E-state index in [1.165, 1.54) is 39.9 Å². The lowest BCUT2D eigenvalue weighted by atomic mass is 10.4. The lowest BCUT2D eigenvalue weighted by Crippen LogP contribution is -2.00. The molecule has 17 heavy (non-hydrogen) atoms. The van der Waals surface area contributed by atoms with Crippen molar-refractivity contribution in [1.82, 2.24) is 4.98 Å². The molecule has 0 saturated heterocycles. The molecule has 1 aromatic heterocycles. The van der Waals surface area contributed by atoms with Crippen molar-refractivity contribution in [1.29, 1.82) is 0 Å². The van der Waals surface area contributed by atoms with Gasteiger partial charge in [0.1, 0.15) is 0 Å². The zero-order valence-electron chi connectivity index (χ0n) is 9.99. The van der Waals surface area contributed by atoms with E-state index in [1.54, 1.807) is 0 Å². The molecule has 0 unspecified atom stereocenters. The van der Waals surface area contributed by atoms with Crippen LogP contribution in [-0.2, 0) is 0 Å². The Kier molecular flexibility index (Phi) is 8.83. The molecule has 5 nitrogen and oxygen atoms in total. The minimum atomic E-state index is -0.459. The zero-order valence-corrected chi connectivity index (χ0v) is 11.6. The smallest absolute Gasteiger partial charge is 0.302 e. The second-order valence-corrected chi connectivity index (χ2v) is 5.39. The van der Waals surface area contributed by atoms with Gasteiger partial charge in [-0.25, -0.2) is 4.98 Å². The Labute approximate surface area is 109 Å². The summed E-state index contributed by atoms with van der Waals surface area (Å²) >= 11 is 0. The number of nitrogens with zero attached hydrogens (tertiary/aromatic N) is 2. The maximum absolute atomic E-state index is 10.6. The van der Waals surface area contributed by atoms with E-state index >= 15 is 0 Å². The van der Waals surface area contributed by atoms with Gasteiger partial charge in [0.25, 0.3) is 0 Å². The molecule has 7 heteroatoms. The van der Waals surface area contributed by atoms with E-state index in [2.05, 4.69) is 4.98 Å². The van der Waals surface area contributed by atoms with Gasteiger partial charge in [0, 0.05) is 17.5 Å². The van der Waals surface area contributed by atoms with Gasteiger partial charge in [-0.15, -0.1) is 0 Å². The van der Waals surface area contributed by atoms with Gasteiger partial charge in [-0.2, -0.15) is 0 Å². The van der Waals surface area contributed by atoms with E-state index < -0.39 is 4.92 Å². The molecular formula is C10H16N2O3S2. The van der Waals surface area contributed by atoms with Gasteiger partial charge < -0.3 is 5.11 Å². The predicted octanol–water partition coefficient (Wildman–Crippen LogP) is 3.14. The summed E-state index contributed by atoms with van der Waals surface area (Å²) in [5.74, 6) is 0. The lowest BCUT2D eigenvalue weighted by molar-refractivity contribution is -0.388. The van der Waals surface area contributed by atoms with Gasteiger partial charge in [-0.3, -0.25) is 10.1 Å². The van der Waals surface area contributed by atoms with Crippen LogP contribution in [0.25, 0.3) is 0 Å². The summed E-state index contributed by atoms with van der Waals surface area (Å²) in [5.41, 5.74) is 0.000129. The number of pyridine rings is 1. The molecule has 0 saturated carbocycles. The van der Waals surface area contributed by atoms with Crippen molar-refractivity contribution in [3.8, 4) is 0 Å². The van der Waals surface area contributed by atoms with E-state index in [0.29, 0.717) is 5.03 Å². The van der Waals surface area contributed by atoms with E-state index in [0.717, 1.165) is 0 Å². The van der Waals surface area contributed by atoms with Crippen LogP contribution in [0.3, 0.4) is 0 Å². The number of hydrogen-bond donors (Lipinski definition) is 1. The van der Waals surface area contributed by atoms with Crippen molar-refractivity contribution in [2.75, 3.05) is 6.61 Å². The van der Waals surface area contributed by atoms with Gasteiger partial charge in [-0.1, -0.05) is 31.6 Å². The summed E-state index contributed by atoms with van der Waals surface area (Å²) in [5, 5.41) is 19.8. The molecule has 1 rings (SSSR count). The average molecular weight is 276 g/mol. The van der Waals surface area contributed by atoms with Gasteiger partial charge in [-0.05, 0) is 16.9 Å². The lowest BCUT2D eigenvalue weighted by Gasteiger charge is -2.05. The standard InChI is InChI=1S/C8H10N2O3S2.C2H6/c1-6(5-11)14-15-8-7(10(12)13)3-2-4-9-8;1-2/h2-4,6,11H,5H2,1H3;1-2H3/t6-;/m1./s1. The minimum Gasteiger partial charge on any atom is -0.395 e. The molecule has 0 spiro atoms. The summed E-state index contributed by atoms with van der Waals surface area (Å²) in [4.78, 5) is 14.1. The fraction of sp³-hybridized carbons (Fsp3) is 0.500. The first-order valence-corrected chi connectivity index (χ1v) is 7.40. The minimum absolute atomic E-state index is 0.000129. The average Bonchev–Trinajstić information content (AvgIpc) is 2.38. The molecule has 0 bridgehead atoms. The van der Waals surface area contributed by atoms with Crippen molar-refractivity contribution in [2.24, 2.45) is 0 Å². The van der Waals surface area contributed by atoms with E-state index in [9.17, 15) is 10.1 Å². The normalized spacial score (nSPS) is 11.3. The summed E-state index contributed by atoms with van der Waals surface area (Å²) in [6.45, 7) is 5.88. The van der Waals surface area contributed by atoms with Crippen LogP contribution in [0, 0.1) is 10.1 Å². The van der Waals surface area contributed by atoms with Crippen LogP contribution < -0.4 is 0 Å². The molecule has 1 atom stereocenters. The molecule has 0 aromatic carbocycles. The predicted molar refractivity (Wildman–Crippen MR) is 72.2 cm³/mol. The van der Waals surface area contributed by atoms with Crippen LogP contribution in [0.5, 0.6) is 0 Å². The second-order valence-electron chi connectivity index (χ2n) is 2.76. The fourth-order valence-corrected chi connectivity index (χ4v) is 2.73. The van der Waals surface area contributed by atoms with Crippen LogP contribution in [0.15, 0.2) is 23.4 Å². The van der Waals surface area contributed by atoms with Crippen molar-refractivity contribution in [3.63, 3.8) is 0 Å². The maximum atomic E-state index is 10.6. The number of aliphatic hydroxyl groups is 1. The molecule has 1 N–H and O–H groups in total. The molecule has 0 aliphatic carbocycles. The van der Waals surface area contributed by atoms with Gasteiger partial charge in [0.05, 0.1) is 11.5 Å². The maximum Gasteiger partial charge on any atom is 0.302 e. The number of hydrogen-bond acceptors (Lipinski definition) is 6. The highest BCUT2D eigenvalue weighted by Gasteiger charge is 2.15. The van der Waals surface area contributed by atoms with E-state index in [1.807, 2.05) is 20.8 Å². The molecule has 0 aliphatic rings. The molecule has 0 amide bonds. The van der Waals surface area contributed by atoms with Crippen LogP contribution in [0.2, 0.25) is 0 Å². The molecule has 0 radical (unpaired) electrons. The molecule has 1 heterocycles. The number of aliphatic hydroxyl groups excluding tert-OH is 1. The molecule has 0 aliphatic heterocycles. The Hall–Kier alpha value is -0.790. The molecule has 0 fully saturated rings. The van der Waals surface area contributed by atoms with E-state index in [-0.39, 0.29) is 17.5 Å². The Morgan fingerprint density at radius 2 is 2.24 bits per heavy atom. The Bertz CT molecular complexity index is 350. The highest BCUT2D eigenvalue weighted by molar-refractivity contribution is 8.76. The third-order valence-corrected chi connectivity index (χ3v) is 4.29. The van der Waals surface area contributed by atoms with Crippen LogP contribution in [0.4, 0.5) is 5.69 Å². The van der Waals surface area contributed by atoms with Gasteiger partial charge in [0.2, 0.25) is 0 Å². The van der Waals surface area contributed by atoms with Gasteiger partial charge >= 0.3 is 5.69 Å². The van der Waals surface area contributed by atoms with Gasteiger partial charge in [0.15, 0.2) is 5.03 Å². The summed E-state index contributed by atoms with van der Waals surface area (Å²) in [7, 11) is 2.57. The first-order chi connectivity index (χ1) is 8.15. The summed E-state index contributed by atoms with van der Waals surface area (Å²) < 4.78 is 0. The Morgan fingerprint density at radius 3 is 2.76 bits per heavy atom.